The number of aliphatic carboxylic acids is 1. The molecule has 0 bridgehead atoms. The number of rotatable bonds is 8. The Kier molecular flexibility index (Phi) is 7.79. The summed E-state index contributed by atoms with van der Waals surface area (Å²) in [5.74, 6) is -0.972. The molecular formula is C20H29N3O4. The quantitative estimate of drug-likeness (QED) is 0.711. The fourth-order valence-corrected chi connectivity index (χ4v) is 3.11. The van der Waals surface area contributed by atoms with Gasteiger partial charge in [-0.05, 0) is 38.8 Å². The molecule has 0 spiro atoms. The van der Waals surface area contributed by atoms with E-state index in [9.17, 15) is 14.4 Å². The predicted molar refractivity (Wildman–Crippen MR) is 102 cm³/mol. The number of carboxylic acid groups (broad SMARTS) is 1. The Balaban J connectivity index is 1.69. The van der Waals surface area contributed by atoms with E-state index in [2.05, 4.69) is 5.32 Å². The maximum atomic E-state index is 12.3. The van der Waals surface area contributed by atoms with Gasteiger partial charge in [0.2, 0.25) is 11.8 Å². The first kappa shape index (κ1) is 20.9. The summed E-state index contributed by atoms with van der Waals surface area (Å²) in [6.45, 7) is 2.81. The summed E-state index contributed by atoms with van der Waals surface area (Å²) in [5.41, 5.74) is 1.15. The zero-order chi connectivity index (χ0) is 19.8. The Hall–Kier alpha value is -2.41. The minimum atomic E-state index is -0.942. The van der Waals surface area contributed by atoms with E-state index < -0.39 is 12.0 Å². The highest BCUT2D eigenvalue weighted by Gasteiger charge is 2.26. The summed E-state index contributed by atoms with van der Waals surface area (Å²) >= 11 is 0. The molecule has 0 saturated carbocycles. The number of nitrogens with zero attached hydrogens (tertiary/aromatic N) is 2. The maximum absolute atomic E-state index is 12.3. The molecule has 1 aromatic carbocycles. The molecule has 2 amide bonds. The van der Waals surface area contributed by atoms with Crippen molar-refractivity contribution in [3.63, 3.8) is 0 Å². The Morgan fingerprint density at radius 1 is 1.22 bits per heavy atom. The van der Waals surface area contributed by atoms with Crippen LogP contribution in [-0.2, 0) is 20.8 Å². The first-order valence-electron chi connectivity index (χ1n) is 9.41. The monoisotopic (exact) mass is 375 g/mol. The number of nitrogens with one attached hydrogen (secondary N) is 1. The zero-order valence-electron chi connectivity index (χ0n) is 16.1. The van der Waals surface area contributed by atoms with Gasteiger partial charge in [-0.3, -0.25) is 19.3 Å². The fraction of sp³-hybridized carbons (Fsp3) is 0.550. The number of piperidine rings is 1. The van der Waals surface area contributed by atoms with Gasteiger partial charge in [0, 0.05) is 25.6 Å². The third-order valence-corrected chi connectivity index (χ3v) is 5.10. The van der Waals surface area contributed by atoms with Crippen molar-refractivity contribution in [1.82, 2.24) is 15.1 Å². The topological polar surface area (TPSA) is 89.9 Å². The summed E-state index contributed by atoms with van der Waals surface area (Å²) in [7, 11) is 1.64. The van der Waals surface area contributed by atoms with Crippen LogP contribution in [0.2, 0.25) is 0 Å². The van der Waals surface area contributed by atoms with E-state index in [1.165, 1.54) is 4.90 Å². The number of carboxylic acids is 1. The van der Waals surface area contributed by atoms with Crippen LogP contribution in [0.3, 0.4) is 0 Å². The van der Waals surface area contributed by atoms with Crippen LogP contribution in [-0.4, -0.2) is 71.5 Å². The number of aryl methyl sites for hydroxylation is 1. The molecule has 148 valence electrons. The second-order valence-electron chi connectivity index (χ2n) is 7.14. The van der Waals surface area contributed by atoms with E-state index >= 15 is 0 Å². The van der Waals surface area contributed by atoms with Gasteiger partial charge in [-0.25, -0.2) is 0 Å². The van der Waals surface area contributed by atoms with Gasteiger partial charge in [0.1, 0.15) is 6.04 Å². The average Bonchev–Trinajstić information content (AvgIpc) is 2.67. The van der Waals surface area contributed by atoms with Crippen LogP contribution in [0.5, 0.6) is 0 Å². The van der Waals surface area contributed by atoms with Crippen LogP contribution >= 0.6 is 0 Å². The van der Waals surface area contributed by atoms with Gasteiger partial charge in [0.05, 0.1) is 6.54 Å². The van der Waals surface area contributed by atoms with Gasteiger partial charge in [0.15, 0.2) is 0 Å². The highest BCUT2D eigenvalue weighted by molar-refractivity contribution is 5.80. The maximum Gasteiger partial charge on any atom is 0.320 e. The standard InChI is InChI=1S/C20H29N3O4/c1-15(20(26)27)22(2)14-19(25)23-12-10-17(11-13-23)21-18(24)9-8-16-6-4-3-5-7-16/h3-7,15,17H,8-14H2,1-2H3,(H,21,24)(H,26,27). The molecule has 1 unspecified atom stereocenters. The van der Waals surface area contributed by atoms with Crippen molar-refractivity contribution in [2.24, 2.45) is 0 Å². The molecule has 7 nitrogen and oxygen atoms in total. The number of amides is 2. The van der Waals surface area contributed by atoms with Crippen LogP contribution in [0.1, 0.15) is 31.7 Å². The summed E-state index contributed by atoms with van der Waals surface area (Å²) in [5, 5.41) is 12.1. The molecular weight excluding hydrogens is 346 g/mol. The first-order valence-corrected chi connectivity index (χ1v) is 9.41. The Bertz CT molecular complexity index is 642. The average molecular weight is 375 g/mol. The highest BCUT2D eigenvalue weighted by atomic mass is 16.4. The fourth-order valence-electron chi connectivity index (χ4n) is 3.11. The number of hydrogen-bond donors (Lipinski definition) is 2. The number of benzene rings is 1. The van der Waals surface area contributed by atoms with Gasteiger partial charge in [-0.15, -0.1) is 0 Å². The van der Waals surface area contributed by atoms with Crippen LogP contribution < -0.4 is 5.32 Å². The van der Waals surface area contributed by atoms with E-state index in [1.54, 1.807) is 18.9 Å². The van der Waals surface area contributed by atoms with E-state index in [-0.39, 0.29) is 24.4 Å². The van der Waals surface area contributed by atoms with Gasteiger partial charge in [-0.1, -0.05) is 30.3 Å². The second-order valence-corrected chi connectivity index (χ2v) is 7.14. The molecule has 7 heteroatoms. The van der Waals surface area contributed by atoms with Crippen molar-refractivity contribution in [3.8, 4) is 0 Å². The van der Waals surface area contributed by atoms with Crippen molar-refractivity contribution < 1.29 is 19.5 Å². The summed E-state index contributed by atoms with van der Waals surface area (Å²) in [4.78, 5) is 38.7. The van der Waals surface area contributed by atoms with Gasteiger partial charge in [0.25, 0.3) is 0 Å². The number of carbonyl (C=O) groups is 3. The third kappa shape index (κ3) is 6.67. The molecule has 27 heavy (non-hydrogen) atoms. The predicted octanol–water partition coefficient (Wildman–Crippen LogP) is 1.13. The Morgan fingerprint density at radius 3 is 2.44 bits per heavy atom. The largest absolute Gasteiger partial charge is 0.480 e. The minimum Gasteiger partial charge on any atom is -0.480 e. The molecule has 1 aromatic rings. The lowest BCUT2D eigenvalue weighted by atomic mass is 10.0. The van der Waals surface area contributed by atoms with Crippen molar-refractivity contribution >= 4 is 17.8 Å². The van der Waals surface area contributed by atoms with E-state index in [0.717, 1.165) is 24.8 Å². The first-order chi connectivity index (χ1) is 12.9. The van der Waals surface area contributed by atoms with Crippen molar-refractivity contribution in [3.05, 3.63) is 35.9 Å². The van der Waals surface area contributed by atoms with Gasteiger partial charge >= 0.3 is 5.97 Å². The molecule has 1 heterocycles. The van der Waals surface area contributed by atoms with Crippen molar-refractivity contribution in [2.75, 3.05) is 26.7 Å². The zero-order valence-corrected chi connectivity index (χ0v) is 16.1. The molecule has 1 fully saturated rings. The molecule has 0 aliphatic carbocycles. The number of likely N-dealkylation sites (N-methyl/N-ethyl adjacent to an activating group) is 1. The lowest BCUT2D eigenvalue weighted by molar-refractivity contribution is -0.143. The summed E-state index contributed by atoms with van der Waals surface area (Å²) in [6, 6.07) is 9.31. The molecule has 1 saturated heterocycles. The van der Waals surface area contributed by atoms with Crippen LogP contribution in [0.15, 0.2) is 30.3 Å². The minimum absolute atomic E-state index is 0.0404. The number of likely N-dealkylation sites (tertiary alicyclic amines) is 1. The number of hydrogen-bond acceptors (Lipinski definition) is 4. The molecule has 2 N–H and O–H groups in total. The number of carbonyl (C=O) groups excluding carboxylic acids is 2. The third-order valence-electron chi connectivity index (χ3n) is 5.10. The normalized spacial score (nSPS) is 16.2. The van der Waals surface area contributed by atoms with Gasteiger partial charge in [-0.2, -0.15) is 0 Å². The lowest BCUT2D eigenvalue weighted by Crippen LogP contribution is -2.50. The molecule has 2 rings (SSSR count). The van der Waals surface area contributed by atoms with Crippen molar-refractivity contribution in [1.29, 1.82) is 0 Å². The Labute approximate surface area is 160 Å². The molecule has 1 atom stereocenters. The van der Waals surface area contributed by atoms with E-state index in [0.29, 0.717) is 19.5 Å². The SMILES string of the molecule is CC(C(=O)O)N(C)CC(=O)N1CCC(NC(=O)CCc2ccccc2)CC1. The second kappa shape index (κ2) is 10.1. The Morgan fingerprint density at radius 2 is 1.85 bits per heavy atom. The summed E-state index contributed by atoms with van der Waals surface area (Å²) in [6.07, 6.45) is 2.63. The molecule has 0 radical (unpaired) electrons. The molecule has 1 aliphatic rings. The summed E-state index contributed by atoms with van der Waals surface area (Å²) < 4.78 is 0. The van der Waals surface area contributed by atoms with E-state index in [4.69, 9.17) is 5.11 Å². The van der Waals surface area contributed by atoms with Crippen LogP contribution in [0.25, 0.3) is 0 Å². The highest BCUT2D eigenvalue weighted by Crippen LogP contribution is 2.12. The molecule has 0 aromatic heterocycles. The van der Waals surface area contributed by atoms with Crippen LogP contribution in [0, 0.1) is 0 Å². The van der Waals surface area contributed by atoms with Gasteiger partial charge < -0.3 is 15.3 Å². The van der Waals surface area contributed by atoms with E-state index in [1.807, 2.05) is 30.3 Å². The van der Waals surface area contributed by atoms with Crippen molar-refractivity contribution in [2.45, 2.75) is 44.7 Å². The lowest BCUT2D eigenvalue weighted by Gasteiger charge is -2.34. The van der Waals surface area contributed by atoms with Crippen LogP contribution in [0.4, 0.5) is 0 Å². The molecule has 1 aliphatic heterocycles. The smallest absolute Gasteiger partial charge is 0.320 e.